The summed E-state index contributed by atoms with van der Waals surface area (Å²) in [6.07, 6.45) is -1.42. The van der Waals surface area contributed by atoms with Crippen LogP contribution in [0.3, 0.4) is 0 Å². The van der Waals surface area contributed by atoms with Gasteiger partial charge in [-0.15, -0.1) is 0 Å². The average molecular weight is 446 g/mol. The van der Waals surface area contributed by atoms with Crippen molar-refractivity contribution in [1.82, 2.24) is 19.0 Å². The number of phenols is 1. The summed E-state index contributed by atoms with van der Waals surface area (Å²) in [5, 5.41) is 9.81. The van der Waals surface area contributed by atoms with Gasteiger partial charge in [0.25, 0.3) is 11.5 Å². The van der Waals surface area contributed by atoms with Crippen molar-refractivity contribution in [3.8, 4) is 11.4 Å². The normalized spacial score (nSPS) is 17.4. The first kappa shape index (κ1) is 21.7. The number of carbonyl (C=O) groups is 1. The van der Waals surface area contributed by atoms with Gasteiger partial charge in [-0.05, 0) is 56.7 Å². The van der Waals surface area contributed by atoms with Crippen LogP contribution in [0.25, 0.3) is 5.69 Å². The minimum atomic E-state index is -4.63. The molecule has 0 saturated heterocycles. The number of hydrogen-bond acceptors (Lipinski definition) is 4. The molecule has 1 N–H and O–H groups in total. The molecule has 3 aromatic rings. The summed E-state index contributed by atoms with van der Waals surface area (Å²) < 4.78 is 42.5. The molecule has 0 spiro atoms. The molecule has 0 fully saturated rings. The Hall–Kier alpha value is -3.56. The van der Waals surface area contributed by atoms with Crippen LogP contribution in [0.1, 0.15) is 47.2 Å². The number of fused-ring (bicyclic) bond motifs is 1. The lowest BCUT2D eigenvalue weighted by atomic mass is 9.99. The zero-order valence-electron chi connectivity index (χ0n) is 17.6. The topological polar surface area (TPSA) is 80.4 Å². The second-order valence-electron chi connectivity index (χ2n) is 7.99. The SMILES string of the molecule is Cc1cn(-c2ccc3n(c2=O)CC(C)N(C(C)c2cc(O)cc(C(F)(F)F)c2)C3=O)cn1. The Balaban J connectivity index is 1.73. The highest BCUT2D eigenvalue weighted by atomic mass is 19.4. The van der Waals surface area contributed by atoms with Crippen molar-refractivity contribution in [2.24, 2.45) is 0 Å². The molecule has 10 heteroatoms. The second-order valence-corrected chi connectivity index (χ2v) is 7.99. The number of aromatic nitrogens is 3. The van der Waals surface area contributed by atoms with Crippen molar-refractivity contribution < 1.29 is 23.1 Å². The molecule has 0 saturated carbocycles. The van der Waals surface area contributed by atoms with Gasteiger partial charge in [-0.1, -0.05) is 0 Å². The van der Waals surface area contributed by atoms with Gasteiger partial charge in [0.05, 0.1) is 23.6 Å². The zero-order valence-corrected chi connectivity index (χ0v) is 17.6. The summed E-state index contributed by atoms with van der Waals surface area (Å²) in [5.41, 5.74) is 0.0348. The minimum Gasteiger partial charge on any atom is -0.508 e. The highest BCUT2D eigenvalue weighted by molar-refractivity contribution is 5.94. The number of aromatic hydroxyl groups is 1. The van der Waals surface area contributed by atoms with Gasteiger partial charge in [-0.25, -0.2) is 4.98 Å². The van der Waals surface area contributed by atoms with E-state index in [1.165, 1.54) is 34.0 Å². The Morgan fingerprint density at radius 3 is 2.53 bits per heavy atom. The highest BCUT2D eigenvalue weighted by Gasteiger charge is 2.36. The van der Waals surface area contributed by atoms with Crippen molar-refractivity contribution >= 4 is 5.91 Å². The standard InChI is InChI=1S/C22H21F3N4O3/c1-12-9-27(11-26-12)18-4-5-19-21(32)29(13(2)10-28(19)20(18)31)14(3)15-6-16(22(23,24)25)8-17(30)7-15/h4-9,11,13-14,30H,10H2,1-3H3. The van der Waals surface area contributed by atoms with E-state index in [0.29, 0.717) is 11.8 Å². The zero-order chi connectivity index (χ0) is 23.4. The number of hydrogen-bond donors (Lipinski definition) is 1. The number of alkyl halides is 3. The van der Waals surface area contributed by atoms with Crippen LogP contribution in [0.2, 0.25) is 0 Å². The van der Waals surface area contributed by atoms with Crippen LogP contribution in [0.15, 0.2) is 47.7 Å². The lowest BCUT2D eigenvalue weighted by molar-refractivity contribution is -0.137. The van der Waals surface area contributed by atoms with Gasteiger partial charge in [0.2, 0.25) is 0 Å². The lowest BCUT2D eigenvalue weighted by Gasteiger charge is -2.39. The van der Waals surface area contributed by atoms with Crippen LogP contribution >= 0.6 is 0 Å². The van der Waals surface area contributed by atoms with Gasteiger partial charge in [-0.2, -0.15) is 13.2 Å². The maximum absolute atomic E-state index is 13.3. The molecule has 0 radical (unpaired) electrons. The molecule has 4 rings (SSSR count). The van der Waals surface area contributed by atoms with Crippen molar-refractivity contribution in [2.45, 2.75) is 45.6 Å². The number of halogens is 3. The van der Waals surface area contributed by atoms with Crippen LogP contribution in [0.5, 0.6) is 5.75 Å². The number of benzene rings is 1. The Labute approximate surface area is 181 Å². The fourth-order valence-corrected chi connectivity index (χ4v) is 4.13. The summed E-state index contributed by atoms with van der Waals surface area (Å²) in [6.45, 7) is 5.30. The van der Waals surface area contributed by atoms with E-state index in [4.69, 9.17) is 0 Å². The van der Waals surface area contributed by atoms with E-state index in [0.717, 1.165) is 11.8 Å². The molecule has 1 aromatic carbocycles. The maximum atomic E-state index is 13.3. The molecule has 2 atom stereocenters. The largest absolute Gasteiger partial charge is 0.508 e. The van der Waals surface area contributed by atoms with Gasteiger partial charge in [0.15, 0.2) is 0 Å². The number of carbonyl (C=O) groups excluding carboxylic acids is 1. The molecule has 7 nitrogen and oxygen atoms in total. The van der Waals surface area contributed by atoms with E-state index in [1.54, 1.807) is 31.5 Å². The van der Waals surface area contributed by atoms with Crippen LogP contribution < -0.4 is 5.56 Å². The predicted octanol–water partition coefficient (Wildman–Crippen LogP) is 3.67. The number of rotatable bonds is 3. The number of imidazole rings is 1. The van der Waals surface area contributed by atoms with Crippen LogP contribution in [-0.2, 0) is 12.7 Å². The summed E-state index contributed by atoms with van der Waals surface area (Å²) in [7, 11) is 0. The molecule has 1 aliphatic heterocycles. The van der Waals surface area contributed by atoms with Crippen LogP contribution in [0.4, 0.5) is 13.2 Å². The van der Waals surface area contributed by atoms with E-state index < -0.39 is 35.5 Å². The summed E-state index contributed by atoms with van der Waals surface area (Å²) in [5.74, 6) is -1.01. The number of phenolic OH excluding ortho intramolecular Hbond substituents is 1. The number of pyridine rings is 1. The van der Waals surface area contributed by atoms with E-state index in [-0.39, 0.29) is 23.4 Å². The average Bonchev–Trinajstić information content (AvgIpc) is 3.13. The van der Waals surface area contributed by atoms with Crippen molar-refractivity contribution in [3.05, 3.63) is 75.7 Å². The monoisotopic (exact) mass is 446 g/mol. The van der Waals surface area contributed by atoms with E-state index in [1.807, 2.05) is 0 Å². The first-order chi connectivity index (χ1) is 15.0. The summed E-state index contributed by atoms with van der Waals surface area (Å²) >= 11 is 0. The van der Waals surface area contributed by atoms with Crippen molar-refractivity contribution in [3.63, 3.8) is 0 Å². The summed E-state index contributed by atoms with van der Waals surface area (Å²) in [4.78, 5) is 31.9. The van der Waals surface area contributed by atoms with Crippen LogP contribution in [-0.4, -0.2) is 36.1 Å². The van der Waals surface area contributed by atoms with Gasteiger partial charge in [0.1, 0.15) is 17.1 Å². The first-order valence-corrected chi connectivity index (χ1v) is 9.96. The van der Waals surface area contributed by atoms with Gasteiger partial charge in [0, 0.05) is 18.8 Å². The molecular weight excluding hydrogens is 425 g/mol. The van der Waals surface area contributed by atoms with E-state index in [9.17, 15) is 27.9 Å². The molecular formula is C22H21F3N4O3. The molecule has 3 heterocycles. The fraction of sp³-hybridized carbons (Fsp3) is 0.318. The number of aryl methyl sites for hydroxylation is 1. The predicted molar refractivity (Wildman–Crippen MR) is 110 cm³/mol. The van der Waals surface area contributed by atoms with Gasteiger partial charge >= 0.3 is 6.18 Å². The lowest BCUT2D eigenvalue weighted by Crippen LogP contribution is -2.50. The Bertz CT molecular complexity index is 1260. The second kappa shape index (κ2) is 7.54. The Kier molecular flexibility index (Phi) is 5.10. The van der Waals surface area contributed by atoms with Crippen molar-refractivity contribution in [2.75, 3.05) is 0 Å². The molecule has 2 unspecified atom stereocenters. The van der Waals surface area contributed by atoms with Gasteiger partial charge in [-0.3, -0.25) is 9.59 Å². The third-order valence-electron chi connectivity index (χ3n) is 5.69. The van der Waals surface area contributed by atoms with Gasteiger partial charge < -0.3 is 19.1 Å². The summed E-state index contributed by atoms with van der Waals surface area (Å²) in [6, 6.07) is 4.62. The van der Waals surface area contributed by atoms with Crippen LogP contribution in [0, 0.1) is 6.92 Å². The Morgan fingerprint density at radius 2 is 1.91 bits per heavy atom. The molecule has 1 aliphatic rings. The fourth-order valence-electron chi connectivity index (χ4n) is 4.13. The third kappa shape index (κ3) is 3.65. The molecule has 2 aromatic heterocycles. The maximum Gasteiger partial charge on any atom is 0.416 e. The highest BCUT2D eigenvalue weighted by Crippen LogP contribution is 2.36. The molecule has 0 aliphatic carbocycles. The number of amides is 1. The molecule has 0 bridgehead atoms. The van der Waals surface area contributed by atoms with Crippen molar-refractivity contribution in [1.29, 1.82) is 0 Å². The molecule has 32 heavy (non-hydrogen) atoms. The molecule has 168 valence electrons. The number of nitrogens with zero attached hydrogens (tertiary/aromatic N) is 4. The third-order valence-corrected chi connectivity index (χ3v) is 5.69. The minimum absolute atomic E-state index is 0.150. The smallest absolute Gasteiger partial charge is 0.416 e. The first-order valence-electron chi connectivity index (χ1n) is 9.96. The van der Waals surface area contributed by atoms with E-state index in [2.05, 4.69) is 4.98 Å². The quantitative estimate of drug-likeness (QED) is 0.666. The van der Waals surface area contributed by atoms with E-state index >= 15 is 0 Å². The molecule has 1 amide bonds. The Morgan fingerprint density at radius 1 is 1.19 bits per heavy atom.